The van der Waals surface area contributed by atoms with Gasteiger partial charge >= 0.3 is 6.03 Å². The van der Waals surface area contributed by atoms with Crippen LogP contribution in [0.25, 0.3) is 0 Å². The number of nitrogens with one attached hydrogen (secondary N) is 1. The van der Waals surface area contributed by atoms with Crippen molar-refractivity contribution in [2.75, 3.05) is 0 Å². The van der Waals surface area contributed by atoms with Crippen LogP contribution < -0.4 is 11.2 Å². The molecule has 0 aliphatic heterocycles. The van der Waals surface area contributed by atoms with Gasteiger partial charge in [-0.2, -0.15) is 5.10 Å². The molecule has 0 atom stereocenters. The van der Waals surface area contributed by atoms with E-state index in [0.29, 0.717) is 5.71 Å². The summed E-state index contributed by atoms with van der Waals surface area (Å²) in [6.45, 7) is 0. The van der Waals surface area contributed by atoms with Crippen LogP contribution in [0, 0.1) is 0 Å². The highest BCUT2D eigenvalue weighted by Gasteiger charge is 2.06. The molecule has 1 aromatic heterocycles. The fraction of sp³-hybridized carbons (Fsp3) is 0. The molecule has 2 rings (SSSR count). The zero-order valence-corrected chi connectivity index (χ0v) is 9.58. The Morgan fingerprint density at radius 1 is 1.06 bits per heavy atom. The molecule has 0 saturated carbocycles. The molecule has 0 bridgehead atoms. The first-order valence-electron chi connectivity index (χ1n) is 5.36. The van der Waals surface area contributed by atoms with Crippen molar-refractivity contribution in [1.82, 2.24) is 10.4 Å². The topological polar surface area (TPSA) is 80.4 Å². The predicted molar refractivity (Wildman–Crippen MR) is 69.0 cm³/mol. The Labute approximate surface area is 104 Å². The summed E-state index contributed by atoms with van der Waals surface area (Å²) in [5.41, 5.74) is 9.65. The van der Waals surface area contributed by atoms with E-state index in [0.717, 1.165) is 11.1 Å². The minimum atomic E-state index is -0.697. The summed E-state index contributed by atoms with van der Waals surface area (Å²) in [7, 11) is 0. The van der Waals surface area contributed by atoms with Crippen LogP contribution in [0.2, 0.25) is 0 Å². The van der Waals surface area contributed by atoms with Crippen LogP contribution in [0.4, 0.5) is 4.79 Å². The Bertz CT molecular complexity index is 510. The van der Waals surface area contributed by atoms with E-state index in [-0.39, 0.29) is 0 Å². The second kappa shape index (κ2) is 5.58. The van der Waals surface area contributed by atoms with Gasteiger partial charge in [0.2, 0.25) is 0 Å². The third-order valence-corrected chi connectivity index (χ3v) is 2.28. The number of benzene rings is 1. The molecule has 2 amide bonds. The molecule has 1 heterocycles. The molecule has 0 spiro atoms. The molecule has 5 nitrogen and oxygen atoms in total. The maximum atomic E-state index is 10.8. The molecule has 0 saturated heterocycles. The van der Waals surface area contributed by atoms with Gasteiger partial charge in [0.15, 0.2) is 0 Å². The molecule has 0 radical (unpaired) electrons. The van der Waals surface area contributed by atoms with Gasteiger partial charge in [-0.1, -0.05) is 30.3 Å². The van der Waals surface area contributed by atoms with Crippen LogP contribution in [0.5, 0.6) is 0 Å². The van der Waals surface area contributed by atoms with Gasteiger partial charge in [0.1, 0.15) is 0 Å². The number of rotatable bonds is 3. The van der Waals surface area contributed by atoms with Gasteiger partial charge in [-0.15, -0.1) is 0 Å². The van der Waals surface area contributed by atoms with Gasteiger partial charge in [-0.3, -0.25) is 4.98 Å². The van der Waals surface area contributed by atoms with E-state index in [9.17, 15) is 4.79 Å². The highest BCUT2D eigenvalue weighted by Crippen LogP contribution is 2.09. The second-order valence-corrected chi connectivity index (χ2v) is 3.54. The number of hydrogen-bond acceptors (Lipinski definition) is 3. The van der Waals surface area contributed by atoms with E-state index in [1.54, 1.807) is 12.4 Å². The molecular weight excluding hydrogens is 228 g/mol. The number of aromatic nitrogens is 1. The summed E-state index contributed by atoms with van der Waals surface area (Å²) < 4.78 is 0. The quantitative estimate of drug-likeness (QED) is 0.629. The van der Waals surface area contributed by atoms with Crippen LogP contribution in [-0.2, 0) is 0 Å². The zero-order valence-electron chi connectivity index (χ0n) is 9.58. The van der Waals surface area contributed by atoms with Crippen molar-refractivity contribution < 1.29 is 4.79 Å². The molecule has 90 valence electrons. The number of hydrazone groups is 1. The van der Waals surface area contributed by atoms with Gasteiger partial charge in [0.25, 0.3) is 0 Å². The Balaban J connectivity index is 2.42. The summed E-state index contributed by atoms with van der Waals surface area (Å²) in [5.74, 6) is 0. The number of nitrogens with two attached hydrogens (primary N) is 1. The average molecular weight is 240 g/mol. The van der Waals surface area contributed by atoms with Crippen molar-refractivity contribution in [3.05, 3.63) is 66.0 Å². The zero-order chi connectivity index (χ0) is 12.8. The number of nitrogens with zero attached hydrogens (tertiary/aromatic N) is 2. The van der Waals surface area contributed by atoms with E-state index >= 15 is 0 Å². The molecule has 3 N–H and O–H groups in total. The lowest BCUT2D eigenvalue weighted by Crippen LogP contribution is -2.26. The summed E-state index contributed by atoms with van der Waals surface area (Å²) >= 11 is 0. The minimum Gasteiger partial charge on any atom is -0.350 e. The Morgan fingerprint density at radius 3 is 2.28 bits per heavy atom. The lowest BCUT2D eigenvalue weighted by Gasteiger charge is -2.06. The van der Waals surface area contributed by atoms with Crippen molar-refractivity contribution in [2.24, 2.45) is 10.8 Å². The SMILES string of the molecule is NC(=O)NN=C(c1ccccc1)c1ccncc1. The first-order chi connectivity index (χ1) is 8.77. The molecule has 1 aromatic carbocycles. The lowest BCUT2D eigenvalue weighted by atomic mass is 10.0. The Kier molecular flexibility index (Phi) is 3.66. The summed E-state index contributed by atoms with van der Waals surface area (Å²) in [6.07, 6.45) is 3.33. The third kappa shape index (κ3) is 2.91. The number of pyridine rings is 1. The fourth-order valence-electron chi connectivity index (χ4n) is 1.51. The Hall–Kier alpha value is -2.69. The van der Waals surface area contributed by atoms with Crippen molar-refractivity contribution in [3.63, 3.8) is 0 Å². The lowest BCUT2D eigenvalue weighted by molar-refractivity contribution is 0.249. The van der Waals surface area contributed by atoms with E-state index in [2.05, 4.69) is 15.5 Å². The van der Waals surface area contributed by atoms with Crippen LogP contribution in [-0.4, -0.2) is 16.7 Å². The van der Waals surface area contributed by atoms with Crippen molar-refractivity contribution in [3.8, 4) is 0 Å². The monoisotopic (exact) mass is 240 g/mol. The maximum absolute atomic E-state index is 10.8. The molecule has 2 aromatic rings. The normalized spacial score (nSPS) is 11.0. The number of urea groups is 1. The van der Waals surface area contributed by atoms with Gasteiger partial charge in [0, 0.05) is 23.5 Å². The molecule has 0 unspecified atom stereocenters. The largest absolute Gasteiger partial charge is 0.350 e. The standard InChI is InChI=1S/C13H12N4O/c14-13(18)17-16-12(10-4-2-1-3-5-10)11-6-8-15-9-7-11/h1-9H,(H3,14,17,18). The van der Waals surface area contributed by atoms with E-state index in [1.807, 2.05) is 42.5 Å². The molecule has 18 heavy (non-hydrogen) atoms. The fourth-order valence-corrected chi connectivity index (χ4v) is 1.51. The van der Waals surface area contributed by atoms with Crippen LogP contribution in [0.15, 0.2) is 60.0 Å². The van der Waals surface area contributed by atoms with E-state index < -0.39 is 6.03 Å². The summed E-state index contributed by atoms with van der Waals surface area (Å²) in [6, 6.07) is 12.5. The van der Waals surface area contributed by atoms with Crippen molar-refractivity contribution >= 4 is 11.7 Å². The van der Waals surface area contributed by atoms with Crippen molar-refractivity contribution in [2.45, 2.75) is 0 Å². The van der Waals surface area contributed by atoms with Gasteiger partial charge in [-0.05, 0) is 12.1 Å². The Morgan fingerprint density at radius 2 is 1.67 bits per heavy atom. The highest BCUT2D eigenvalue weighted by atomic mass is 16.2. The van der Waals surface area contributed by atoms with Gasteiger partial charge < -0.3 is 5.73 Å². The van der Waals surface area contributed by atoms with E-state index in [4.69, 9.17) is 5.73 Å². The smallest absolute Gasteiger partial charge is 0.332 e. The molecule has 0 aliphatic rings. The number of hydrogen-bond donors (Lipinski definition) is 2. The number of amides is 2. The van der Waals surface area contributed by atoms with Crippen LogP contribution >= 0.6 is 0 Å². The minimum absolute atomic E-state index is 0.636. The number of carbonyl (C=O) groups excluding carboxylic acids is 1. The van der Waals surface area contributed by atoms with Gasteiger partial charge in [-0.25, -0.2) is 10.2 Å². The molecule has 0 fully saturated rings. The predicted octanol–water partition coefficient (Wildman–Crippen LogP) is 1.50. The highest BCUT2D eigenvalue weighted by molar-refractivity contribution is 6.12. The summed E-state index contributed by atoms with van der Waals surface area (Å²) in [5, 5.41) is 4.03. The molecular formula is C13H12N4O. The van der Waals surface area contributed by atoms with E-state index in [1.165, 1.54) is 0 Å². The molecule has 5 heteroatoms. The van der Waals surface area contributed by atoms with Crippen molar-refractivity contribution in [1.29, 1.82) is 0 Å². The first kappa shape index (κ1) is 11.8. The van der Waals surface area contributed by atoms with Gasteiger partial charge in [0.05, 0.1) is 5.71 Å². The van der Waals surface area contributed by atoms with Crippen LogP contribution in [0.1, 0.15) is 11.1 Å². The third-order valence-electron chi connectivity index (χ3n) is 2.28. The molecule has 0 aliphatic carbocycles. The second-order valence-electron chi connectivity index (χ2n) is 3.54. The number of primary amides is 1. The first-order valence-corrected chi connectivity index (χ1v) is 5.36. The average Bonchev–Trinajstić information content (AvgIpc) is 2.41. The maximum Gasteiger partial charge on any atom is 0.332 e. The number of carbonyl (C=O) groups is 1. The van der Waals surface area contributed by atoms with Crippen LogP contribution in [0.3, 0.4) is 0 Å². The summed E-state index contributed by atoms with van der Waals surface area (Å²) in [4.78, 5) is 14.7.